The summed E-state index contributed by atoms with van der Waals surface area (Å²) in [5, 5.41) is 0. The van der Waals surface area contributed by atoms with E-state index in [0.29, 0.717) is 3.07 Å². The second-order valence-corrected chi connectivity index (χ2v) is 6.23. The zero-order chi connectivity index (χ0) is 4.28. The van der Waals surface area contributed by atoms with E-state index in [-0.39, 0.29) is 0 Å². The summed E-state index contributed by atoms with van der Waals surface area (Å²) in [7, 11) is 2.52. The first-order valence-electron chi connectivity index (χ1n) is 0.908. The number of hydrogen-bond acceptors (Lipinski definition) is 1. The van der Waals surface area contributed by atoms with E-state index >= 15 is 0 Å². The molecule has 1 atom stereocenters. The highest BCUT2D eigenvalue weighted by molar-refractivity contribution is 9.28. The standard InChI is InChI=1S/CH3Br2PS/c2-1(3)5-4/h1H,4H2. The molecule has 1 unspecified atom stereocenters. The SMILES string of the molecule is PSC(Br)Br. The van der Waals surface area contributed by atoms with Gasteiger partial charge in [0.1, 0.15) is 3.07 Å². The number of rotatable bonds is 1. The molecule has 0 saturated heterocycles. The van der Waals surface area contributed by atoms with E-state index in [1.54, 1.807) is 11.4 Å². The summed E-state index contributed by atoms with van der Waals surface area (Å²) in [5.41, 5.74) is 0. The predicted octanol–water partition coefficient (Wildman–Crippen LogP) is 2.58. The summed E-state index contributed by atoms with van der Waals surface area (Å²) < 4.78 is 0.389. The van der Waals surface area contributed by atoms with Crippen molar-refractivity contribution < 1.29 is 0 Å². The van der Waals surface area contributed by atoms with Crippen LogP contribution in [0.1, 0.15) is 0 Å². The highest BCUT2D eigenvalue weighted by Crippen LogP contribution is 2.28. The Kier molecular flexibility index (Phi) is 5.28. The fraction of sp³-hybridized carbons (Fsp3) is 1.00. The summed E-state index contributed by atoms with van der Waals surface area (Å²) in [4.78, 5) is 0. The molecule has 0 bridgehead atoms. The maximum atomic E-state index is 3.23. The molecule has 0 spiro atoms. The topological polar surface area (TPSA) is 0 Å². The molecule has 0 aliphatic heterocycles. The van der Waals surface area contributed by atoms with Crippen molar-refractivity contribution in [2.45, 2.75) is 3.07 Å². The van der Waals surface area contributed by atoms with Crippen LogP contribution in [0.25, 0.3) is 0 Å². The Morgan fingerprint density at radius 1 is 1.60 bits per heavy atom. The van der Waals surface area contributed by atoms with Crippen LogP contribution in [0.5, 0.6) is 0 Å². The van der Waals surface area contributed by atoms with Gasteiger partial charge in [-0.2, -0.15) is 0 Å². The van der Waals surface area contributed by atoms with Gasteiger partial charge in [-0.1, -0.05) is 40.3 Å². The van der Waals surface area contributed by atoms with Gasteiger partial charge in [-0.05, 0) is 0 Å². The lowest BCUT2D eigenvalue weighted by atomic mass is 11.9. The lowest BCUT2D eigenvalue weighted by Crippen LogP contribution is -1.58. The third-order valence-electron chi connectivity index (χ3n) is 0.103. The maximum absolute atomic E-state index is 3.23. The lowest BCUT2D eigenvalue weighted by molar-refractivity contribution is 2.24. The minimum Gasteiger partial charge on any atom is -0.114 e. The zero-order valence-electron chi connectivity index (χ0n) is 2.32. The van der Waals surface area contributed by atoms with Crippen molar-refractivity contribution in [3.05, 3.63) is 0 Å². The molecule has 0 heterocycles. The fourth-order valence-corrected chi connectivity index (χ4v) is 0. The van der Waals surface area contributed by atoms with E-state index in [4.69, 9.17) is 0 Å². The maximum Gasteiger partial charge on any atom is 0.118 e. The lowest BCUT2D eigenvalue weighted by Gasteiger charge is -1.85. The molecule has 0 nitrogen and oxygen atoms in total. The highest BCUT2D eigenvalue weighted by Gasteiger charge is 1.85. The van der Waals surface area contributed by atoms with Gasteiger partial charge in [-0.3, -0.25) is 0 Å². The van der Waals surface area contributed by atoms with Crippen LogP contribution in [0.2, 0.25) is 0 Å². The summed E-state index contributed by atoms with van der Waals surface area (Å²) in [6.07, 6.45) is 0. The van der Waals surface area contributed by atoms with Gasteiger partial charge < -0.3 is 0 Å². The minimum absolute atomic E-state index is 0.389. The van der Waals surface area contributed by atoms with E-state index in [1.165, 1.54) is 0 Å². The molecule has 0 aromatic rings. The van der Waals surface area contributed by atoms with Gasteiger partial charge in [-0.25, -0.2) is 0 Å². The summed E-state index contributed by atoms with van der Waals surface area (Å²) in [6, 6.07) is 0. The smallest absolute Gasteiger partial charge is 0.114 e. The summed E-state index contributed by atoms with van der Waals surface area (Å²) in [5.74, 6) is 0. The number of hydrogen-bond donors (Lipinski definition) is 0. The van der Waals surface area contributed by atoms with Crippen LogP contribution >= 0.6 is 51.7 Å². The van der Waals surface area contributed by atoms with Crippen LogP contribution in [0, 0.1) is 0 Å². The summed E-state index contributed by atoms with van der Waals surface area (Å²) >= 11 is 8.09. The Balaban J connectivity index is 2.54. The second-order valence-electron chi connectivity index (χ2n) is 0.397. The Morgan fingerprint density at radius 2 is 1.80 bits per heavy atom. The van der Waals surface area contributed by atoms with Crippen LogP contribution in [0.3, 0.4) is 0 Å². The number of halogens is 2. The fourth-order valence-electron chi connectivity index (χ4n) is 0. The van der Waals surface area contributed by atoms with Gasteiger partial charge in [0.15, 0.2) is 0 Å². The molecule has 0 aromatic carbocycles. The third kappa shape index (κ3) is 5.74. The second kappa shape index (κ2) is 3.91. The molecule has 0 fully saturated rings. The van der Waals surface area contributed by atoms with Crippen LogP contribution in [-0.2, 0) is 0 Å². The van der Waals surface area contributed by atoms with Crippen molar-refractivity contribution >= 4 is 51.7 Å². The van der Waals surface area contributed by atoms with Crippen LogP contribution < -0.4 is 0 Å². The van der Waals surface area contributed by atoms with Crippen molar-refractivity contribution in [3.63, 3.8) is 0 Å². The molecule has 0 radical (unpaired) electrons. The Bertz CT molecular complexity index is 23.6. The Hall–Kier alpha value is 1.74. The third-order valence-corrected chi connectivity index (χ3v) is 4.81. The largest absolute Gasteiger partial charge is 0.118 e. The van der Waals surface area contributed by atoms with E-state index in [2.05, 4.69) is 40.3 Å². The first-order valence-corrected chi connectivity index (χ1v) is 5.10. The van der Waals surface area contributed by atoms with Crippen LogP contribution in [-0.4, -0.2) is 3.07 Å². The molecule has 0 saturated carbocycles. The molecule has 0 rings (SSSR count). The molecule has 0 aliphatic rings. The molecule has 0 aliphatic carbocycles. The van der Waals surface area contributed by atoms with Crippen molar-refractivity contribution in [1.29, 1.82) is 0 Å². The molecule has 0 N–H and O–H groups in total. The minimum atomic E-state index is 0.389. The van der Waals surface area contributed by atoms with Crippen LogP contribution in [0.4, 0.5) is 0 Å². The van der Waals surface area contributed by atoms with Crippen LogP contribution in [0.15, 0.2) is 0 Å². The first-order chi connectivity index (χ1) is 2.27. The first kappa shape index (κ1) is 6.74. The quantitative estimate of drug-likeness (QED) is 0.499. The summed E-state index contributed by atoms with van der Waals surface area (Å²) in [6.45, 7) is 0. The van der Waals surface area contributed by atoms with Gasteiger partial charge in [0, 0.05) is 0 Å². The molecule has 0 amide bonds. The van der Waals surface area contributed by atoms with Crippen molar-refractivity contribution in [2.75, 3.05) is 0 Å². The molecule has 0 aromatic heterocycles. The van der Waals surface area contributed by atoms with Gasteiger partial charge in [0.25, 0.3) is 0 Å². The van der Waals surface area contributed by atoms with Gasteiger partial charge in [0.05, 0.1) is 0 Å². The Morgan fingerprint density at radius 3 is 1.80 bits per heavy atom. The van der Waals surface area contributed by atoms with Crippen molar-refractivity contribution in [3.8, 4) is 0 Å². The number of alkyl halides is 2. The normalized spacial score (nSPS) is 9.60. The van der Waals surface area contributed by atoms with Crippen molar-refractivity contribution in [2.24, 2.45) is 0 Å². The highest BCUT2D eigenvalue weighted by atomic mass is 79.9. The van der Waals surface area contributed by atoms with E-state index in [1.807, 2.05) is 0 Å². The van der Waals surface area contributed by atoms with Gasteiger partial charge in [-0.15, -0.1) is 11.4 Å². The molecule has 32 valence electrons. The monoisotopic (exact) mass is 236 g/mol. The van der Waals surface area contributed by atoms with Gasteiger partial charge >= 0.3 is 0 Å². The average molecular weight is 238 g/mol. The zero-order valence-corrected chi connectivity index (χ0v) is 7.46. The van der Waals surface area contributed by atoms with Crippen molar-refractivity contribution in [1.82, 2.24) is 0 Å². The van der Waals surface area contributed by atoms with E-state index < -0.39 is 0 Å². The van der Waals surface area contributed by atoms with Gasteiger partial charge in [0.2, 0.25) is 0 Å². The van der Waals surface area contributed by atoms with E-state index in [9.17, 15) is 0 Å². The molecular weight excluding hydrogens is 235 g/mol. The predicted molar refractivity (Wildman–Crippen MR) is 38.9 cm³/mol. The molecule has 5 heavy (non-hydrogen) atoms. The van der Waals surface area contributed by atoms with E-state index in [0.717, 1.165) is 0 Å². The average Bonchev–Trinajstić information content (AvgIpc) is 1.38. The Labute approximate surface area is 54.7 Å². The molecule has 4 heteroatoms. The molecular formula is CH3Br2PS.